The van der Waals surface area contributed by atoms with Gasteiger partial charge in [-0.15, -0.1) is 0 Å². The van der Waals surface area contributed by atoms with Crippen molar-refractivity contribution in [2.24, 2.45) is 0 Å². The van der Waals surface area contributed by atoms with Gasteiger partial charge in [0.2, 0.25) is 0 Å². The number of rotatable bonds is 6. The zero-order valence-corrected chi connectivity index (χ0v) is 13.2. The second-order valence-corrected chi connectivity index (χ2v) is 6.04. The predicted octanol–water partition coefficient (Wildman–Crippen LogP) is 4.50. The topological polar surface area (TPSA) is 21.3 Å². The van der Waals surface area contributed by atoms with Crippen LogP contribution in [0.2, 0.25) is 0 Å². The summed E-state index contributed by atoms with van der Waals surface area (Å²) in [4.78, 5) is 0. The Hall–Kier alpha value is -1.02. The molecule has 0 saturated heterocycles. The maximum Gasteiger partial charge on any atom is 0.119 e. The molecule has 112 valence electrons. The normalized spacial score (nSPS) is 24.4. The minimum Gasteiger partial charge on any atom is -0.490 e. The molecule has 1 saturated carbocycles. The maximum atomic E-state index is 6.16. The summed E-state index contributed by atoms with van der Waals surface area (Å²) in [7, 11) is 0. The molecule has 0 radical (unpaired) electrons. The first kappa shape index (κ1) is 15.4. The van der Waals surface area contributed by atoms with Crippen molar-refractivity contribution in [2.45, 2.75) is 70.9 Å². The Kier molecular flexibility index (Phi) is 5.90. The van der Waals surface area contributed by atoms with Crippen molar-refractivity contribution >= 4 is 0 Å². The first-order valence-electron chi connectivity index (χ1n) is 8.22. The van der Waals surface area contributed by atoms with E-state index in [1.165, 1.54) is 31.2 Å². The van der Waals surface area contributed by atoms with E-state index in [0.717, 1.165) is 18.7 Å². The summed E-state index contributed by atoms with van der Waals surface area (Å²) in [6.45, 7) is 7.75. The van der Waals surface area contributed by atoms with Gasteiger partial charge in [-0.05, 0) is 62.3 Å². The van der Waals surface area contributed by atoms with Gasteiger partial charge >= 0.3 is 0 Å². The Balaban J connectivity index is 1.89. The third-order valence-corrected chi connectivity index (χ3v) is 4.48. The number of benzene rings is 1. The van der Waals surface area contributed by atoms with E-state index in [0.29, 0.717) is 18.1 Å². The van der Waals surface area contributed by atoms with Crippen LogP contribution in [0.5, 0.6) is 5.75 Å². The van der Waals surface area contributed by atoms with Gasteiger partial charge in [0.25, 0.3) is 0 Å². The van der Waals surface area contributed by atoms with Gasteiger partial charge in [-0.2, -0.15) is 0 Å². The summed E-state index contributed by atoms with van der Waals surface area (Å²) in [5.41, 5.74) is 1.41. The van der Waals surface area contributed by atoms with E-state index in [2.05, 4.69) is 50.4 Å². The lowest BCUT2D eigenvalue weighted by atomic mass is 9.92. The summed E-state index contributed by atoms with van der Waals surface area (Å²) in [5, 5.41) is 3.55. The molecule has 3 atom stereocenters. The quantitative estimate of drug-likeness (QED) is 0.825. The molecule has 2 heteroatoms. The summed E-state index contributed by atoms with van der Waals surface area (Å²) >= 11 is 0. The van der Waals surface area contributed by atoms with Gasteiger partial charge in [-0.3, -0.25) is 0 Å². The zero-order chi connectivity index (χ0) is 14.4. The Labute approximate surface area is 123 Å². The molecule has 2 rings (SSSR count). The lowest BCUT2D eigenvalue weighted by Crippen LogP contribution is -2.37. The molecular weight excluding hydrogens is 246 g/mol. The minimum atomic E-state index is 0.377. The molecule has 0 spiro atoms. The van der Waals surface area contributed by atoms with Crippen LogP contribution < -0.4 is 10.1 Å². The van der Waals surface area contributed by atoms with Crippen LogP contribution in [0, 0.1) is 0 Å². The van der Waals surface area contributed by atoms with Crippen LogP contribution >= 0.6 is 0 Å². The van der Waals surface area contributed by atoms with Gasteiger partial charge in [-0.25, -0.2) is 0 Å². The molecule has 1 fully saturated rings. The van der Waals surface area contributed by atoms with E-state index in [1.807, 2.05) is 0 Å². The Morgan fingerprint density at radius 3 is 2.60 bits per heavy atom. The predicted molar refractivity (Wildman–Crippen MR) is 85.5 cm³/mol. The molecule has 1 N–H and O–H groups in total. The number of hydrogen-bond donors (Lipinski definition) is 1. The molecule has 1 aromatic rings. The Morgan fingerprint density at radius 2 is 1.95 bits per heavy atom. The summed E-state index contributed by atoms with van der Waals surface area (Å²) in [5.74, 6) is 1.66. The maximum absolute atomic E-state index is 6.16. The molecule has 0 bridgehead atoms. The lowest BCUT2D eigenvalue weighted by molar-refractivity contribution is 0.135. The van der Waals surface area contributed by atoms with Crippen molar-refractivity contribution in [3.05, 3.63) is 29.8 Å². The second-order valence-electron chi connectivity index (χ2n) is 6.04. The van der Waals surface area contributed by atoms with Crippen LogP contribution in [0.1, 0.15) is 64.4 Å². The molecule has 1 aromatic carbocycles. The summed E-state index contributed by atoms with van der Waals surface area (Å²) in [6.07, 6.45) is 6.46. The number of ether oxygens (including phenoxy) is 1. The second kappa shape index (κ2) is 7.68. The first-order chi connectivity index (χ1) is 9.72. The largest absolute Gasteiger partial charge is 0.490 e. The van der Waals surface area contributed by atoms with Crippen molar-refractivity contribution in [1.29, 1.82) is 0 Å². The van der Waals surface area contributed by atoms with Gasteiger partial charge in [0, 0.05) is 6.04 Å². The monoisotopic (exact) mass is 275 g/mol. The van der Waals surface area contributed by atoms with E-state index < -0.39 is 0 Å². The van der Waals surface area contributed by atoms with Crippen molar-refractivity contribution in [2.75, 3.05) is 6.54 Å². The highest BCUT2D eigenvalue weighted by Crippen LogP contribution is 2.26. The molecule has 1 aliphatic carbocycles. The SMILES string of the molecule is CCNC1CCCC(Oc2ccc(C(C)CC)cc2)C1. The van der Waals surface area contributed by atoms with Crippen molar-refractivity contribution in [3.8, 4) is 5.75 Å². The summed E-state index contributed by atoms with van der Waals surface area (Å²) in [6, 6.07) is 9.34. The van der Waals surface area contributed by atoms with E-state index in [9.17, 15) is 0 Å². The minimum absolute atomic E-state index is 0.377. The molecule has 1 aliphatic rings. The Bertz CT molecular complexity index is 385. The van der Waals surface area contributed by atoms with Gasteiger partial charge in [0.1, 0.15) is 11.9 Å². The van der Waals surface area contributed by atoms with E-state index in [4.69, 9.17) is 4.74 Å². The number of hydrogen-bond acceptors (Lipinski definition) is 2. The van der Waals surface area contributed by atoms with Gasteiger partial charge in [0.15, 0.2) is 0 Å². The molecule has 0 heterocycles. The average molecular weight is 275 g/mol. The van der Waals surface area contributed by atoms with Crippen molar-refractivity contribution in [1.82, 2.24) is 5.32 Å². The highest BCUT2D eigenvalue weighted by Gasteiger charge is 2.22. The molecule has 3 unspecified atom stereocenters. The third-order valence-electron chi connectivity index (χ3n) is 4.48. The van der Waals surface area contributed by atoms with Gasteiger partial charge in [0.05, 0.1) is 0 Å². The molecule has 2 nitrogen and oxygen atoms in total. The van der Waals surface area contributed by atoms with Crippen LogP contribution in [-0.2, 0) is 0 Å². The van der Waals surface area contributed by atoms with Crippen molar-refractivity contribution < 1.29 is 4.74 Å². The third kappa shape index (κ3) is 4.24. The van der Waals surface area contributed by atoms with E-state index in [1.54, 1.807) is 0 Å². The first-order valence-corrected chi connectivity index (χ1v) is 8.22. The van der Waals surface area contributed by atoms with Gasteiger partial charge < -0.3 is 10.1 Å². The lowest BCUT2D eigenvalue weighted by Gasteiger charge is -2.30. The summed E-state index contributed by atoms with van der Waals surface area (Å²) < 4.78 is 6.16. The smallest absolute Gasteiger partial charge is 0.119 e. The molecule has 0 aromatic heterocycles. The molecule has 0 amide bonds. The van der Waals surface area contributed by atoms with Crippen LogP contribution in [0.4, 0.5) is 0 Å². The zero-order valence-electron chi connectivity index (χ0n) is 13.2. The van der Waals surface area contributed by atoms with E-state index in [-0.39, 0.29) is 0 Å². The van der Waals surface area contributed by atoms with E-state index >= 15 is 0 Å². The fourth-order valence-corrected chi connectivity index (χ4v) is 3.03. The van der Waals surface area contributed by atoms with Crippen LogP contribution in [-0.4, -0.2) is 18.7 Å². The highest BCUT2D eigenvalue weighted by atomic mass is 16.5. The van der Waals surface area contributed by atoms with Crippen LogP contribution in [0.3, 0.4) is 0 Å². The van der Waals surface area contributed by atoms with Crippen molar-refractivity contribution in [3.63, 3.8) is 0 Å². The standard InChI is InChI=1S/C18H29NO/c1-4-14(3)15-9-11-17(12-10-15)20-18-8-6-7-16(13-18)19-5-2/h9-12,14,16,18-19H,4-8,13H2,1-3H3. The van der Waals surface area contributed by atoms with Crippen LogP contribution in [0.25, 0.3) is 0 Å². The van der Waals surface area contributed by atoms with Crippen LogP contribution in [0.15, 0.2) is 24.3 Å². The fraction of sp³-hybridized carbons (Fsp3) is 0.667. The average Bonchev–Trinajstić information content (AvgIpc) is 2.48. The molecule has 0 aliphatic heterocycles. The fourth-order valence-electron chi connectivity index (χ4n) is 3.03. The Morgan fingerprint density at radius 1 is 1.20 bits per heavy atom. The number of nitrogens with one attached hydrogen (secondary N) is 1. The molecule has 20 heavy (non-hydrogen) atoms. The van der Waals surface area contributed by atoms with Gasteiger partial charge in [-0.1, -0.05) is 32.9 Å². The highest BCUT2D eigenvalue weighted by molar-refractivity contribution is 5.29. The molecular formula is C18H29NO.